The van der Waals surface area contributed by atoms with E-state index in [1.807, 2.05) is 13.8 Å². The molecule has 0 atom stereocenters. The summed E-state index contributed by atoms with van der Waals surface area (Å²) in [5.41, 5.74) is 5.80. The molecule has 1 aliphatic carbocycles. The molecule has 0 unspecified atom stereocenters. The number of amides is 2. The predicted octanol–water partition coefficient (Wildman–Crippen LogP) is 0.535. The second-order valence-corrected chi connectivity index (χ2v) is 5.37. The van der Waals surface area contributed by atoms with Crippen molar-refractivity contribution in [2.24, 2.45) is 11.7 Å². The molecule has 0 aromatic heterocycles. The lowest BCUT2D eigenvalue weighted by Crippen LogP contribution is -2.38. The summed E-state index contributed by atoms with van der Waals surface area (Å²) >= 11 is 0. The van der Waals surface area contributed by atoms with E-state index in [1.165, 1.54) is 0 Å². The Morgan fingerprint density at radius 1 is 1.22 bits per heavy atom. The summed E-state index contributed by atoms with van der Waals surface area (Å²) in [5.74, 6) is 0.133. The Balaban J connectivity index is 2.15. The van der Waals surface area contributed by atoms with Gasteiger partial charge in [0, 0.05) is 31.0 Å². The first-order valence-corrected chi connectivity index (χ1v) is 6.81. The highest BCUT2D eigenvalue weighted by Crippen LogP contribution is 2.22. The zero-order valence-corrected chi connectivity index (χ0v) is 11.4. The minimum absolute atomic E-state index is 0.0176. The summed E-state index contributed by atoms with van der Waals surface area (Å²) < 4.78 is 0. The van der Waals surface area contributed by atoms with Crippen LogP contribution in [0.2, 0.25) is 0 Å². The summed E-state index contributed by atoms with van der Waals surface area (Å²) in [6, 6.07) is 0.402. The molecule has 0 heterocycles. The molecule has 0 aromatic rings. The molecule has 0 radical (unpaired) electrons. The van der Waals surface area contributed by atoms with E-state index in [0.29, 0.717) is 13.0 Å². The standard InChI is InChI=1S/C13H25N3O2/c1-9(2)16-12(17)7-8-15-13(18)10-3-5-11(14)6-4-10/h9-11H,3-8,14H2,1-2H3,(H,15,18)(H,16,17). The van der Waals surface area contributed by atoms with Crippen LogP contribution in [0, 0.1) is 5.92 Å². The summed E-state index contributed by atoms with van der Waals surface area (Å²) in [7, 11) is 0. The van der Waals surface area contributed by atoms with Gasteiger partial charge in [-0.25, -0.2) is 0 Å². The maximum absolute atomic E-state index is 11.8. The van der Waals surface area contributed by atoms with E-state index >= 15 is 0 Å². The highest BCUT2D eigenvalue weighted by Gasteiger charge is 2.24. The van der Waals surface area contributed by atoms with Crippen LogP contribution in [0.1, 0.15) is 46.0 Å². The molecule has 5 nitrogen and oxygen atoms in total. The second-order valence-electron chi connectivity index (χ2n) is 5.37. The van der Waals surface area contributed by atoms with E-state index in [9.17, 15) is 9.59 Å². The van der Waals surface area contributed by atoms with Gasteiger partial charge in [-0.05, 0) is 39.5 Å². The predicted molar refractivity (Wildman–Crippen MR) is 70.8 cm³/mol. The molecular weight excluding hydrogens is 230 g/mol. The average molecular weight is 255 g/mol. The molecule has 0 bridgehead atoms. The largest absolute Gasteiger partial charge is 0.355 e. The van der Waals surface area contributed by atoms with Gasteiger partial charge < -0.3 is 16.4 Å². The van der Waals surface area contributed by atoms with Crippen molar-refractivity contribution in [2.75, 3.05) is 6.54 Å². The highest BCUT2D eigenvalue weighted by atomic mass is 16.2. The van der Waals surface area contributed by atoms with E-state index in [2.05, 4.69) is 10.6 Å². The maximum Gasteiger partial charge on any atom is 0.223 e. The van der Waals surface area contributed by atoms with Crippen molar-refractivity contribution in [3.8, 4) is 0 Å². The van der Waals surface area contributed by atoms with Crippen LogP contribution in [0.3, 0.4) is 0 Å². The van der Waals surface area contributed by atoms with E-state index in [1.54, 1.807) is 0 Å². The second kappa shape index (κ2) is 7.36. The fourth-order valence-corrected chi connectivity index (χ4v) is 2.22. The molecule has 0 spiro atoms. The lowest BCUT2D eigenvalue weighted by atomic mass is 9.86. The summed E-state index contributed by atoms with van der Waals surface area (Å²) in [6.07, 6.45) is 3.92. The SMILES string of the molecule is CC(C)NC(=O)CCNC(=O)C1CCC(N)CC1. The van der Waals surface area contributed by atoms with Crippen LogP contribution in [0.4, 0.5) is 0 Å². The van der Waals surface area contributed by atoms with E-state index in [0.717, 1.165) is 25.7 Å². The first-order valence-electron chi connectivity index (χ1n) is 6.81. The van der Waals surface area contributed by atoms with Crippen LogP contribution in [0.5, 0.6) is 0 Å². The van der Waals surface area contributed by atoms with Crippen molar-refractivity contribution in [3.63, 3.8) is 0 Å². The van der Waals surface area contributed by atoms with Gasteiger partial charge in [0.2, 0.25) is 11.8 Å². The zero-order valence-electron chi connectivity index (χ0n) is 11.4. The molecule has 104 valence electrons. The molecule has 1 saturated carbocycles. The molecule has 0 saturated heterocycles. The Kier molecular flexibility index (Phi) is 6.12. The Hall–Kier alpha value is -1.10. The molecule has 5 heteroatoms. The van der Waals surface area contributed by atoms with Crippen LogP contribution in [0.25, 0.3) is 0 Å². The van der Waals surface area contributed by atoms with Gasteiger partial charge >= 0.3 is 0 Å². The maximum atomic E-state index is 11.8. The van der Waals surface area contributed by atoms with Gasteiger partial charge in [0.05, 0.1) is 0 Å². The number of nitrogens with two attached hydrogens (primary N) is 1. The molecule has 1 aliphatic rings. The van der Waals surface area contributed by atoms with E-state index in [4.69, 9.17) is 5.73 Å². The highest BCUT2D eigenvalue weighted by molar-refractivity contribution is 5.80. The molecule has 0 aromatic carbocycles. The first kappa shape index (κ1) is 15.0. The minimum Gasteiger partial charge on any atom is -0.355 e. The van der Waals surface area contributed by atoms with Crippen LogP contribution >= 0.6 is 0 Å². The summed E-state index contributed by atoms with van der Waals surface area (Å²) in [6.45, 7) is 4.25. The van der Waals surface area contributed by atoms with E-state index in [-0.39, 0.29) is 29.8 Å². The zero-order chi connectivity index (χ0) is 13.5. The Bertz CT molecular complexity index is 284. The fraction of sp³-hybridized carbons (Fsp3) is 0.846. The van der Waals surface area contributed by atoms with Gasteiger partial charge in [-0.15, -0.1) is 0 Å². The van der Waals surface area contributed by atoms with Crippen LogP contribution in [-0.4, -0.2) is 30.4 Å². The third kappa shape index (κ3) is 5.49. The fourth-order valence-electron chi connectivity index (χ4n) is 2.22. The van der Waals surface area contributed by atoms with Gasteiger partial charge in [0.1, 0.15) is 0 Å². The third-order valence-electron chi connectivity index (χ3n) is 3.24. The number of hydrogen-bond acceptors (Lipinski definition) is 3. The average Bonchev–Trinajstić information content (AvgIpc) is 2.28. The van der Waals surface area contributed by atoms with E-state index < -0.39 is 0 Å². The van der Waals surface area contributed by atoms with Crippen LogP contribution < -0.4 is 16.4 Å². The molecule has 2 amide bonds. The molecule has 4 N–H and O–H groups in total. The number of nitrogens with one attached hydrogen (secondary N) is 2. The molecule has 18 heavy (non-hydrogen) atoms. The van der Waals surface area contributed by atoms with Gasteiger partial charge in [-0.3, -0.25) is 9.59 Å². The molecule has 0 aliphatic heterocycles. The van der Waals surface area contributed by atoms with Crippen molar-refractivity contribution < 1.29 is 9.59 Å². The number of rotatable bonds is 5. The monoisotopic (exact) mass is 255 g/mol. The molecular formula is C13H25N3O2. The smallest absolute Gasteiger partial charge is 0.223 e. The lowest BCUT2D eigenvalue weighted by Gasteiger charge is -2.25. The molecule has 1 fully saturated rings. The lowest BCUT2D eigenvalue weighted by molar-refractivity contribution is -0.126. The Morgan fingerprint density at radius 2 is 1.83 bits per heavy atom. The number of hydrogen-bond donors (Lipinski definition) is 3. The van der Waals surface area contributed by atoms with Crippen molar-refractivity contribution in [1.82, 2.24) is 10.6 Å². The van der Waals surface area contributed by atoms with Crippen LogP contribution in [-0.2, 0) is 9.59 Å². The Morgan fingerprint density at radius 3 is 2.39 bits per heavy atom. The molecule has 1 rings (SSSR count). The van der Waals surface area contributed by atoms with Crippen molar-refractivity contribution in [1.29, 1.82) is 0 Å². The van der Waals surface area contributed by atoms with Crippen molar-refractivity contribution in [2.45, 2.75) is 58.0 Å². The minimum atomic E-state index is -0.0176. The quantitative estimate of drug-likeness (QED) is 0.670. The third-order valence-corrected chi connectivity index (χ3v) is 3.24. The summed E-state index contributed by atoms with van der Waals surface area (Å²) in [5, 5.41) is 5.63. The Labute approximate surface area is 109 Å². The summed E-state index contributed by atoms with van der Waals surface area (Å²) in [4.78, 5) is 23.2. The van der Waals surface area contributed by atoms with Crippen LogP contribution in [0.15, 0.2) is 0 Å². The number of carbonyl (C=O) groups excluding carboxylic acids is 2. The van der Waals surface area contributed by atoms with Crippen molar-refractivity contribution in [3.05, 3.63) is 0 Å². The van der Waals surface area contributed by atoms with Crippen molar-refractivity contribution >= 4 is 11.8 Å². The van der Waals surface area contributed by atoms with Gasteiger partial charge in [-0.2, -0.15) is 0 Å². The first-order chi connectivity index (χ1) is 8.49. The topological polar surface area (TPSA) is 84.2 Å². The number of carbonyl (C=O) groups is 2. The van der Waals surface area contributed by atoms with Gasteiger partial charge in [-0.1, -0.05) is 0 Å². The van der Waals surface area contributed by atoms with Gasteiger partial charge in [0.15, 0.2) is 0 Å². The van der Waals surface area contributed by atoms with Gasteiger partial charge in [0.25, 0.3) is 0 Å². The normalized spacial score (nSPS) is 23.8.